The van der Waals surface area contributed by atoms with E-state index < -0.39 is 0 Å². The van der Waals surface area contributed by atoms with Crippen molar-refractivity contribution >= 4 is 29.0 Å². The topological polar surface area (TPSA) is 50.9 Å². The smallest absolute Gasteiger partial charge is 0.319 e. The van der Waals surface area contributed by atoms with Gasteiger partial charge in [-0.3, -0.25) is 4.90 Å². The zero-order chi connectivity index (χ0) is 20.8. The number of hydrogen-bond acceptors (Lipinski definition) is 4. The van der Waals surface area contributed by atoms with Crippen molar-refractivity contribution in [3.63, 3.8) is 0 Å². The Labute approximate surface area is 178 Å². The van der Waals surface area contributed by atoms with Gasteiger partial charge in [-0.25, -0.2) is 4.79 Å². The van der Waals surface area contributed by atoms with E-state index in [-0.39, 0.29) is 12.1 Å². The van der Waals surface area contributed by atoms with E-state index in [1.54, 1.807) is 12.1 Å². The summed E-state index contributed by atoms with van der Waals surface area (Å²) in [6.07, 6.45) is 0. The highest BCUT2D eigenvalue weighted by Gasteiger charge is 2.24. The minimum atomic E-state index is -0.226. The third-order valence-electron chi connectivity index (χ3n) is 5.31. The summed E-state index contributed by atoms with van der Waals surface area (Å²) in [4.78, 5) is 19.3. The summed E-state index contributed by atoms with van der Waals surface area (Å²) in [5, 5.41) is 6.49. The number of amides is 2. The fourth-order valence-corrected chi connectivity index (χ4v) is 3.71. The maximum absolute atomic E-state index is 12.4. The van der Waals surface area contributed by atoms with Gasteiger partial charge < -0.3 is 20.4 Å². The molecule has 0 aromatic heterocycles. The molecule has 2 N–H and O–H groups in total. The van der Waals surface area contributed by atoms with E-state index in [4.69, 9.17) is 11.6 Å². The Morgan fingerprint density at radius 2 is 1.79 bits per heavy atom. The molecule has 3 rings (SSSR count). The van der Waals surface area contributed by atoms with Crippen molar-refractivity contribution in [1.82, 2.24) is 15.1 Å². The molecule has 29 heavy (non-hydrogen) atoms. The molecule has 1 fully saturated rings. The highest BCUT2D eigenvalue weighted by molar-refractivity contribution is 6.30. The second-order valence-corrected chi connectivity index (χ2v) is 8.12. The van der Waals surface area contributed by atoms with E-state index in [0.717, 1.165) is 31.9 Å². The number of benzene rings is 2. The maximum atomic E-state index is 12.4. The Morgan fingerprint density at radius 1 is 1.10 bits per heavy atom. The fourth-order valence-electron chi connectivity index (χ4n) is 3.52. The van der Waals surface area contributed by atoms with Crippen LogP contribution in [-0.4, -0.2) is 69.7 Å². The molecule has 2 aromatic carbocycles. The summed E-state index contributed by atoms with van der Waals surface area (Å²) in [5.41, 5.74) is 3.06. The molecule has 2 amide bonds. The van der Waals surface area contributed by atoms with Crippen LogP contribution in [0.15, 0.2) is 48.5 Å². The summed E-state index contributed by atoms with van der Waals surface area (Å²) >= 11 is 6.00. The number of carbonyl (C=O) groups excluding carboxylic acids is 1. The third-order valence-corrected chi connectivity index (χ3v) is 5.55. The maximum Gasteiger partial charge on any atom is 0.319 e. The van der Waals surface area contributed by atoms with Crippen LogP contribution in [0.25, 0.3) is 0 Å². The van der Waals surface area contributed by atoms with Crippen molar-refractivity contribution in [2.75, 3.05) is 64.1 Å². The molecule has 156 valence electrons. The molecule has 1 atom stereocenters. The lowest BCUT2D eigenvalue weighted by molar-refractivity contribution is 0.111. The van der Waals surface area contributed by atoms with Crippen LogP contribution in [0.3, 0.4) is 0 Å². The second-order valence-electron chi connectivity index (χ2n) is 7.69. The van der Waals surface area contributed by atoms with Gasteiger partial charge in [-0.1, -0.05) is 29.8 Å². The summed E-state index contributed by atoms with van der Waals surface area (Å²) in [6.45, 7) is 4.56. The van der Waals surface area contributed by atoms with Gasteiger partial charge in [-0.15, -0.1) is 0 Å². The van der Waals surface area contributed by atoms with Crippen LogP contribution in [0, 0.1) is 0 Å². The zero-order valence-corrected chi connectivity index (χ0v) is 18.1. The fraction of sp³-hybridized carbons (Fsp3) is 0.409. The van der Waals surface area contributed by atoms with Crippen molar-refractivity contribution in [3.8, 4) is 0 Å². The Bertz CT molecular complexity index is 803. The first kappa shape index (κ1) is 21.4. The predicted octanol–water partition coefficient (Wildman–Crippen LogP) is 3.52. The third kappa shape index (κ3) is 6.10. The molecule has 7 heteroatoms. The summed E-state index contributed by atoms with van der Waals surface area (Å²) in [5.74, 6) is 0. The lowest BCUT2D eigenvalue weighted by atomic mass is 10.0. The largest absolute Gasteiger partial charge is 0.378 e. The Balaban J connectivity index is 1.68. The van der Waals surface area contributed by atoms with Gasteiger partial charge >= 0.3 is 6.03 Å². The van der Waals surface area contributed by atoms with E-state index in [1.165, 1.54) is 5.56 Å². The van der Waals surface area contributed by atoms with Crippen molar-refractivity contribution < 1.29 is 4.79 Å². The molecular weight excluding hydrogens is 386 g/mol. The van der Waals surface area contributed by atoms with E-state index in [2.05, 4.69) is 56.6 Å². The number of piperazine rings is 1. The molecule has 1 heterocycles. The molecule has 1 aliphatic heterocycles. The first-order valence-electron chi connectivity index (χ1n) is 9.92. The number of urea groups is 1. The summed E-state index contributed by atoms with van der Waals surface area (Å²) in [6, 6.07) is 15.6. The molecule has 0 bridgehead atoms. The van der Waals surface area contributed by atoms with Crippen LogP contribution in [0.5, 0.6) is 0 Å². The summed E-state index contributed by atoms with van der Waals surface area (Å²) < 4.78 is 0. The number of anilines is 2. The van der Waals surface area contributed by atoms with Crippen molar-refractivity contribution in [2.24, 2.45) is 0 Å². The molecular formula is C22H30ClN5O. The quantitative estimate of drug-likeness (QED) is 0.758. The number of nitrogens with zero attached hydrogens (tertiary/aromatic N) is 3. The molecule has 2 aromatic rings. The van der Waals surface area contributed by atoms with E-state index in [9.17, 15) is 4.79 Å². The van der Waals surface area contributed by atoms with Crippen LogP contribution in [0.2, 0.25) is 5.02 Å². The standard InChI is InChI=1S/C22H30ClN5O/c1-26(2)20-9-7-17(8-10-20)21(28-13-11-27(3)12-14-28)16-24-22(29)25-19-6-4-5-18(23)15-19/h4-10,15,21H,11-14,16H2,1-3H3,(H2,24,25,29)/t21-/m1/s1. The Kier molecular flexibility index (Phi) is 7.36. The van der Waals surface area contributed by atoms with Gasteiger partial charge in [0.15, 0.2) is 0 Å². The number of nitrogens with one attached hydrogen (secondary N) is 2. The van der Waals surface area contributed by atoms with Gasteiger partial charge in [0.25, 0.3) is 0 Å². The van der Waals surface area contributed by atoms with Crippen LogP contribution >= 0.6 is 11.6 Å². The molecule has 0 radical (unpaired) electrons. The van der Waals surface area contributed by atoms with Gasteiger partial charge in [0.2, 0.25) is 0 Å². The van der Waals surface area contributed by atoms with Gasteiger partial charge in [-0.2, -0.15) is 0 Å². The first-order chi connectivity index (χ1) is 13.9. The van der Waals surface area contributed by atoms with Gasteiger partial charge in [-0.05, 0) is 42.9 Å². The number of carbonyl (C=O) groups is 1. The molecule has 0 saturated carbocycles. The molecule has 1 saturated heterocycles. The molecule has 0 aliphatic carbocycles. The van der Waals surface area contributed by atoms with Crippen LogP contribution < -0.4 is 15.5 Å². The normalized spacial score (nSPS) is 16.3. The Morgan fingerprint density at radius 3 is 2.41 bits per heavy atom. The number of likely N-dealkylation sites (N-methyl/N-ethyl adjacent to an activating group) is 1. The minimum Gasteiger partial charge on any atom is -0.378 e. The number of rotatable bonds is 6. The van der Waals surface area contributed by atoms with Gasteiger partial charge in [0.05, 0.1) is 6.04 Å². The Hall–Kier alpha value is -2.28. The monoisotopic (exact) mass is 415 g/mol. The van der Waals surface area contributed by atoms with E-state index in [1.807, 2.05) is 26.2 Å². The van der Waals surface area contributed by atoms with Gasteiger partial charge in [0.1, 0.15) is 0 Å². The van der Waals surface area contributed by atoms with Crippen molar-refractivity contribution in [1.29, 1.82) is 0 Å². The molecule has 6 nitrogen and oxygen atoms in total. The molecule has 1 aliphatic rings. The second kappa shape index (κ2) is 9.96. The number of halogens is 1. The van der Waals surface area contributed by atoms with Gasteiger partial charge in [0, 0.05) is 63.2 Å². The lowest BCUT2D eigenvalue weighted by Gasteiger charge is -2.38. The highest BCUT2D eigenvalue weighted by Crippen LogP contribution is 2.24. The van der Waals surface area contributed by atoms with Crippen molar-refractivity contribution in [2.45, 2.75) is 6.04 Å². The highest BCUT2D eigenvalue weighted by atomic mass is 35.5. The summed E-state index contributed by atoms with van der Waals surface area (Å²) in [7, 11) is 6.22. The predicted molar refractivity (Wildman–Crippen MR) is 121 cm³/mol. The van der Waals surface area contributed by atoms with Crippen LogP contribution in [-0.2, 0) is 0 Å². The minimum absolute atomic E-state index is 0.130. The average Bonchev–Trinajstić information content (AvgIpc) is 2.70. The lowest BCUT2D eigenvalue weighted by Crippen LogP contribution is -2.48. The number of hydrogen-bond donors (Lipinski definition) is 2. The van der Waals surface area contributed by atoms with E-state index in [0.29, 0.717) is 17.3 Å². The van der Waals surface area contributed by atoms with Crippen LogP contribution in [0.1, 0.15) is 11.6 Å². The SMILES string of the molecule is CN1CCN([C@H](CNC(=O)Nc2cccc(Cl)c2)c2ccc(N(C)C)cc2)CC1. The average molecular weight is 416 g/mol. The van der Waals surface area contributed by atoms with Crippen LogP contribution in [0.4, 0.5) is 16.2 Å². The van der Waals surface area contributed by atoms with E-state index >= 15 is 0 Å². The van der Waals surface area contributed by atoms with Crippen molar-refractivity contribution in [3.05, 3.63) is 59.1 Å². The zero-order valence-electron chi connectivity index (χ0n) is 17.4. The first-order valence-corrected chi connectivity index (χ1v) is 10.3. The molecule has 0 spiro atoms. The molecule has 0 unspecified atom stereocenters.